The Hall–Kier alpha value is -2.38. The van der Waals surface area contributed by atoms with Crippen molar-refractivity contribution < 1.29 is 23.1 Å². The van der Waals surface area contributed by atoms with Gasteiger partial charge in [0.2, 0.25) is 10.0 Å². The molecule has 0 spiro atoms. The minimum atomic E-state index is -3.76. The summed E-state index contributed by atoms with van der Waals surface area (Å²) in [7, 11) is -0.719. The Morgan fingerprint density at radius 3 is 2.54 bits per heavy atom. The maximum absolute atomic E-state index is 12.6. The van der Waals surface area contributed by atoms with Crippen molar-refractivity contribution in [3.63, 3.8) is 0 Å². The molecule has 7 heteroatoms. The van der Waals surface area contributed by atoms with Crippen molar-refractivity contribution in [2.24, 2.45) is 0 Å². The monoisotopic (exact) mass is 349 g/mol. The van der Waals surface area contributed by atoms with Gasteiger partial charge in [-0.1, -0.05) is 24.3 Å². The summed E-state index contributed by atoms with van der Waals surface area (Å²) >= 11 is 0. The van der Waals surface area contributed by atoms with Crippen LogP contribution >= 0.6 is 0 Å². The highest BCUT2D eigenvalue weighted by Crippen LogP contribution is 2.20. The molecule has 0 saturated carbocycles. The van der Waals surface area contributed by atoms with E-state index in [1.165, 1.54) is 29.6 Å². The number of likely N-dealkylation sites (N-methyl/N-ethyl adjacent to an activating group) is 1. The van der Waals surface area contributed by atoms with Gasteiger partial charge >= 0.3 is 5.97 Å². The van der Waals surface area contributed by atoms with Crippen molar-refractivity contribution in [1.29, 1.82) is 0 Å². The zero-order valence-corrected chi connectivity index (χ0v) is 14.3. The normalized spacial score (nSPS) is 11.5. The van der Waals surface area contributed by atoms with Crippen molar-refractivity contribution in [2.75, 3.05) is 20.7 Å². The Morgan fingerprint density at radius 1 is 1.17 bits per heavy atom. The largest absolute Gasteiger partial charge is 0.496 e. The summed E-state index contributed by atoms with van der Waals surface area (Å²) in [6.07, 6.45) is 0.484. The predicted octanol–water partition coefficient (Wildman–Crippen LogP) is 2.26. The topological polar surface area (TPSA) is 83.9 Å². The van der Waals surface area contributed by atoms with Crippen molar-refractivity contribution in [3.05, 3.63) is 59.7 Å². The SMILES string of the molecule is COc1ccccc1CCN(C)S(=O)(=O)c1cccc(C(=O)O)c1. The van der Waals surface area contributed by atoms with E-state index in [9.17, 15) is 13.2 Å². The van der Waals surface area contributed by atoms with Crippen molar-refractivity contribution >= 4 is 16.0 Å². The molecule has 0 saturated heterocycles. The number of nitrogens with zero attached hydrogens (tertiary/aromatic N) is 1. The molecule has 0 amide bonds. The first kappa shape index (κ1) is 18.0. The van der Waals surface area contributed by atoms with E-state index in [0.29, 0.717) is 12.2 Å². The van der Waals surface area contributed by atoms with Gasteiger partial charge in [-0.05, 0) is 36.2 Å². The van der Waals surface area contributed by atoms with E-state index in [1.54, 1.807) is 7.11 Å². The lowest BCUT2D eigenvalue weighted by atomic mass is 10.1. The number of hydrogen-bond acceptors (Lipinski definition) is 4. The third-order valence-corrected chi connectivity index (χ3v) is 5.53. The van der Waals surface area contributed by atoms with Crippen LogP contribution in [-0.2, 0) is 16.4 Å². The minimum absolute atomic E-state index is 0.0371. The number of rotatable bonds is 7. The van der Waals surface area contributed by atoms with Crippen LogP contribution in [0.2, 0.25) is 0 Å². The predicted molar refractivity (Wildman–Crippen MR) is 89.9 cm³/mol. The molecule has 0 aliphatic carbocycles. The smallest absolute Gasteiger partial charge is 0.335 e. The molecule has 0 bridgehead atoms. The first-order valence-electron chi connectivity index (χ1n) is 7.28. The number of hydrogen-bond donors (Lipinski definition) is 1. The zero-order chi connectivity index (χ0) is 17.7. The molecule has 0 aliphatic heterocycles. The Morgan fingerprint density at radius 2 is 1.88 bits per heavy atom. The van der Waals surface area contributed by atoms with Crippen LogP contribution in [0.4, 0.5) is 0 Å². The molecule has 0 radical (unpaired) electrons. The maximum atomic E-state index is 12.6. The second-order valence-corrected chi connectivity index (χ2v) is 7.27. The van der Waals surface area contributed by atoms with Gasteiger partial charge in [-0.2, -0.15) is 0 Å². The second kappa shape index (κ2) is 7.46. The number of sulfonamides is 1. The number of ether oxygens (including phenoxy) is 1. The van der Waals surface area contributed by atoms with E-state index in [2.05, 4.69) is 0 Å². The van der Waals surface area contributed by atoms with Crippen LogP contribution in [0.5, 0.6) is 5.75 Å². The highest BCUT2D eigenvalue weighted by Gasteiger charge is 2.22. The molecule has 6 nitrogen and oxygen atoms in total. The van der Waals surface area contributed by atoms with Gasteiger partial charge in [-0.25, -0.2) is 17.5 Å². The molecule has 1 N–H and O–H groups in total. The Balaban J connectivity index is 2.17. The molecule has 2 rings (SSSR count). The van der Waals surface area contributed by atoms with E-state index in [0.717, 1.165) is 11.6 Å². The molecule has 0 atom stereocenters. The molecule has 0 unspecified atom stereocenters. The van der Waals surface area contributed by atoms with Crippen LogP contribution in [0.25, 0.3) is 0 Å². The van der Waals surface area contributed by atoms with Crippen LogP contribution in [0.1, 0.15) is 15.9 Å². The number of para-hydroxylation sites is 1. The van der Waals surface area contributed by atoms with Gasteiger partial charge in [0.15, 0.2) is 0 Å². The summed E-state index contributed by atoms with van der Waals surface area (Å²) < 4.78 is 31.6. The molecular formula is C17H19NO5S. The highest BCUT2D eigenvalue weighted by atomic mass is 32.2. The molecule has 128 valence electrons. The van der Waals surface area contributed by atoms with Gasteiger partial charge in [0, 0.05) is 13.6 Å². The molecule has 0 aliphatic rings. The van der Waals surface area contributed by atoms with Gasteiger partial charge in [-0.3, -0.25) is 0 Å². The van der Waals surface area contributed by atoms with Gasteiger partial charge in [0.1, 0.15) is 5.75 Å². The molecular weight excluding hydrogens is 330 g/mol. The first-order chi connectivity index (χ1) is 11.4. The van der Waals surface area contributed by atoms with Crippen LogP contribution in [-0.4, -0.2) is 44.5 Å². The van der Waals surface area contributed by atoms with Gasteiger partial charge in [-0.15, -0.1) is 0 Å². The van der Waals surface area contributed by atoms with Crippen molar-refractivity contribution in [3.8, 4) is 5.75 Å². The lowest BCUT2D eigenvalue weighted by Gasteiger charge is -2.18. The van der Waals surface area contributed by atoms with Gasteiger partial charge in [0.25, 0.3) is 0 Å². The van der Waals surface area contributed by atoms with E-state index in [1.807, 2.05) is 24.3 Å². The number of benzene rings is 2. The van der Waals surface area contributed by atoms with Crippen molar-refractivity contribution in [1.82, 2.24) is 4.31 Å². The standard InChI is InChI=1S/C17H19NO5S/c1-18(11-10-13-6-3-4-9-16(13)23-2)24(21,22)15-8-5-7-14(12-15)17(19)20/h3-9,12H,10-11H2,1-2H3,(H,19,20). The molecule has 2 aromatic carbocycles. The zero-order valence-electron chi connectivity index (χ0n) is 13.5. The number of methoxy groups -OCH3 is 1. The number of carboxylic acids is 1. The van der Waals surface area contributed by atoms with E-state index >= 15 is 0 Å². The number of aromatic carboxylic acids is 1. The van der Waals surface area contributed by atoms with E-state index < -0.39 is 16.0 Å². The Kier molecular flexibility index (Phi) is 5.58. The highest BCUT2D eigenvalue weighted by molar-refractivity contribution is 7.89. The van der Waals surface area contributed by atoms with Crippen LogP contribution in [0.3, 0.4) is 0 Å². The van der Waals surface area contributed by atoms with Gasteiger partial charge < -0.3 is 9.84 Å². The Labute approximate surface area is 141 Å². The van der Waals surface area contributed by atoms with Crippen LogP contribution in [0, 0.1) is 0 Å². The summed E-state index contributed by atoms with van der Waals surface area (Å²) in [5.74, 6) is -0.458. The lowest BCUT2D eigenvalue weighted by Crippen LogP contribution is -2.29. The van der Waals surface area contributed by atoms with Gasteiger partial charge in [0.05, 0.1) is 17.6 Å². The third kappa shape index (κ3) is 3.93. The summed E-state index contributed by atoms with van der Waals surface area (Å²) in [5, 5.41) is 9.00. The summed E-state index contributed by atoms with van der Waals surface area (Å²) in [4.78, 5) is 11.0. The quantitative estimate of drug-likeness (QED) is 0.829. The average molecular weight is 349 g/mol. The molecule has 0 fully saturated rings. The number of carboxylic acid groups (broad SMARTS) is 1. The minimum Gasteiger partial charge on any atom is -0.496 e. The fourth-order valence-corrected chi connectivity index (χ4v) is 3.50. The first-order valence-corrected chi connectivity index (χ1v) is 8.72. The summed E-state index contributed by atoms with van der Waals surface area (Å²) in [6.45, 7) is 0.250. The Bertz CT molecular complexity index is 832. The lowest BCUT2D eigenvalue weighted by molar-refractivity contribution is 0.0696. The molecule has 24 heavy (non-hydrogen) atoms. The summed E-state index contributed by atoms with van der Waals surface area (Å²) in [5.41, 5.74) is 0.843. The second-order valence-electron chi connectivity index (χ2n) is 5.22. The van der Waals surface area contributed by atoms with Crippen LogP contribution in [0.15, 0.2) is 53.4 Å². The fourth-order valence-electron chi connectivity index (χ4n) is 2.28. The number of carbonyl (C=O) groups is 1. The molecule has 0 aromatic heterocycles. The average Bonchev–Trinajstić information content (AvgIpc) is 2.59. The van der Waals surface area contributed by atoms with E-state index in [4.69, 9.17) is 9.84 Å². The molecule has 2 aromatic rings. The van der Waals surface area contributed by atoms with Crippen LogP contribution < -0.4 is 4.74 Å². The molecule has 0 heterocycles. The van der Waals surface area contributed by atoms with Crippen molar-refractivity contribution in [2.45, 2.75) is 11.3 Å². The maximum Gasteiger partial charge on any atom is 0.335 e. The van der Waals surface area contributed by atoms with E-state index in [-0.39, 0.29) is 17.0 Å². The summed E-state index contributed by atoms with van der Waals surface area (Å²) in [6, 6.07) is 12.7. The fraction of sp³-hybridized carbons (Fsp3) is 0.235. The third-order valence-electron chi connectivity index (χ3n) is 3.68.